The van der Waals surface area contributed by atoms with Crippen molar-refractivity contribution in [2.45, 2.75) is 0 Å². The first-order valence-corrected chi connectivity index (χ1v) is 7.48. The molecule has 0 bridgehead atoms. The van der Waals surface area contributed by atoms with E-state index in [1.165, 1.54) is 13.2 Å². The van der Waals surface area contributed by atoms with Gasteiger partial charge in [-0.25, -0.2) is 4.79 Å². The van der Waals surface area contributed by atoms with E-state index in [1.807, 2.05) is 0 Å². The summed E-state index contributed by atoms with van der Waals surface area (Å²) in [5.41, 5.74) is 0.252. The molecule has 18 heavy (non-hydrogen) atoms. The van der Waals surface area contributed by atoms with E-state index >= 15 is 0 Å². The van der Waals surface area contributed by atoms with E-state index in [0.717, 1.165) is 3.57 Å². The van der Waals surface area contributed by atoms with Crippen LogP contribution in [0.4, 0.5) is 0 Å². The van der Waals surface area contributed by atoms with Gasteiger partial charge in [-0.05, 0) is 40.8 Å². The molecular weight excluding hydrogens is 375 g/mol. The highest BCUT2D eigenvalue weighted by molar-refractivity contribution is 14.1. The van der Waals surface area contributed by atoms with Gasteiger partial charge < -0.3 is 9.47 Å². The number of carbonyl (C=O) groups is 1. The van der Waals surface area contributed by atoms with Crippen molar-refractivity contribution >= 4 is 38.7 Å². The van der Waals surface area contributed by atoms with Gasteiger partial charge in [-0.15, -0.1) is 0 Å². The fraction of sp³-hybridized carbons (Fsp3) is 0.300. The summed E-state index contributed by atoms with van der Waals surface area (Å²) in [7, 11) is -2.65. The minimum atomic E-state index is -4.12. The number of benzene rings is 1. The van der Waals surface area contributed by atoms with Crippen LogP contribution >= 0.6 is 22.6 Å². The number of hydrogen-bond acceptors (Lipinski definition) is 5. The molecule has 100 valence electrons. The average Bonchev–Trinajstić information content (AvgIpc) is 2.27. The first-order chi connectivity index (χ1) is 8.33. The molecular formula is C10H11IO6S. The fourth-order valence-electron chi connectivity index (χ4n) is 1.11. The molecule has 6 nitrogen and oxygen atoms in total. The van der Waals surface area contributed by atoms with Crippen LogP contribution in [-0.2, 0) is 14.9 Å². The quantitative estimate of drug-likeness (QED) is 0.467. The summed E-state index contributed by atoms with van der Waals surface area (Å²) in [6.07, 6.45) is 0. The molecule has 1 aromatic carbocycles. The summed E-state index contributed by atoms with van der Waals surface area (Å²) >= 11 is 2.05. The van der Waals surface area contributed by atoms with Gasteiger partial charge in [0, 0.05) is 0 Å². The number of rotatable bonds is 5. The van der Waals surface area contributed by atoms with Gasteiger partial charge >= 0.3 is 5.97 Å². The fourth-order valence-corrected chi connectivity index (χ4v) is 1.96. The van der Waals surface area contributed by atoms with Crippen LogP contribution in [0, 0.1) is 3.57 Å². The predicted octanol–water partition coefficient (Wildman–Crippen LogP) is 1.34. The highest BCUT2D eigenvalue weighted by Gasteiger charge is 2.12. The number of methoxy groups -OCH3 is 1. The van der Waals surface area contributed by atoms with Gasteiger partial charge in [0.1, 0.15) is 18.1 Å². The lowest BCUT2D eigenvalue weighted by Gasteiger charge is -2.07. The number of esters is 1. The van der Waals surface area contributed by atoms with Crippen LogP contribution in [0.1, 0.15) is 10.4 Å². The van der Waals surface area contributed by atoms with Crippen LogP contribution in [0.15, 0.2) is 18.2 Å². The molecule has 0 aromatic heterocycles. The van der Waals surface area contributed by atoms with Crippen LogP contribution in [-0.4, -0.2) is 38.4 Å². The maximum absolute atomic E-state index is 11.6. The Morgan fingerprint density at radius 3 is 2.67 bits per heavy atom. The first-order valence-electron chi connectivity index (χ1n) is 4.79. The van der Waals surface area contributed by atoms with Gasteiger partial charge in [-0.2, -0.15) is 8.42 Å². The van der Waals surface area contributed by atoms with Gasteiger partial charge in [0.15, 0.2) is 0 Å². The van der Waals surface area contributed by atoms with Gasteiger partial charge in [0.2, 0.25) is 0 Å². The third-order valence-electron chi connectivity index (χ3n) is 1.96. The van der Waals surface area contributed by atoms with E-state index in [0.29, 0.717) is 5.75 Å². The largest absolute Gasteiger partial charge is 0.496 e. The van der Waals surface area contributed by atoms with Crippen molar-refractivity contribution in [3.8, 4) is 5.75 Å². The summed E-state index contributed by atoms with van der Waals surface area (Å²) < 4.78 is 39.9. The average molecular weight is 386 g/mol. The molecule has 0 amide bonds. The van der Waals surface area contributed by atoms with Crippen molar-refractivity contribution in [2.24, 2.45) is 0 Å². The summed E-state index contributed by atoms with van der Waals surface area (Å²) in [6, 6.07) is 4.72. The highest BCUT2D eigenvalue weighted by atomic mass is 127. The zero-order valence-electron chi connectivity index (χ0n) is 9.42. The normalized spacial score (nSPS) is 11.1. The van der Waals surface area contributed by atoms with Crippen LogP contribution in [0.2, 0.25) is 0 Å². The van der Waals surface area contributed by atoms with Crippen LogP contribution in [0.25, 0.3) is 0 Å². The van der Waals surface area contributed by atoms with E-state index in [9.17, 15) is 13.2 Å². The summed E-state index contributed by atoms with van der Waals surface area (Å²) in [5, 5.41) is 0. The zero-order chi connectivity index (χ0) is 13.8. The second-order valence-electron chi connectivity index (χ2n) is 3.27. The Kier molecular flexibility index (Phi) is 5.35. The lowest BCUT2D eigenvalue weighted by atomic mass is 10.2. The van der Waals surface area contributed by atoms with E-state index in [-0.39, 0.29) is 5.56 Å². The highest BCUT2D eigenvalue weighted by Crippen LogP contribution is 2.22. The van der Waals surface area contributed by atoms with Gasteiger partial charge in [0.05, 0.1) is 16.2 Å². The Bertz CT molecular complexity index is 539. The van der Waals surface area contributed by atoms with Crippen molar-refractivity contribution in [1.82, 2.24) is 0 Å². The summed E-state index contributed by atoms with van der Waals surface area (Å²) in [6.45, 7) is -0.397. The third kappa shape index (κ3) is 4.78. The molecule has 0 spiro atoms. The van der Waals surface area contributed by atoms with Gasteiger partial charge in [-0.1, -0.05) is 0 Å². The second kappa shape index (κ2) is 6.34. The molecule has 1 N–H and O–H groups in total. The number of ether oxygens (including phenoxy) is 2. The molecule has 0 aliphatic rings. The standard InChI is InChI=1S/C10H11IO6S/c1-16-9-6-7(2-3-8(9)11)10(12)17-4-5-18(13,14)15/h2-3,6H,4-5H2,1H3,(H,13,14,15). The molecule has 0 saturated heterocycles. The van der Waals surface area contributed by atoms with Crippen LogP contribution < -0.4 is 4.74 Å². The SMILES string of the molecule is COc1cc(C(=O)OCCS(=O)(=O)O)ccc1I. The Hall–Kier alpha value is -0.870. The maximum Gasteiger partial charge on any atom is 0.338 e. The lowest BCUT2D eigenvalue weighted by molar-refractivity contribution is 0.0528. The summed E-state index contributed by atoms with van der Waals surface area (Å²) in [5.74, 6) is -0.770. The minimum Gasteiger partial charge on any atom is -0.496 e. The van der Waals surface area contributed by atoms with Crippen LogP contribution in [0.5, 0.6) is 5.75 Å². The van der Waals surface area contributed by atoms with E-state index < -0.39 is 28.4 Å². The molecule has 0 saturated carbocycles. The van der Waals surface area contributed by atoms with Crippen molar-refractivity contribution in [3.63, 3.8) is 0 Å². The van der Waals surface area contributed by atoms with E-state index in [2.05, 4.69) is 22.6 Å². The smallest absolute Gasteiger partial charge is 0.338 e. The van der Waals surface area contributed by atoms with Gasteiger partial charge in [0.25, 0.3) is 10.1 Å². The van der Waals surface area contributed by atoms with Crippen molar-refractivity contribution in [3.05, 3.63) is 27.3 Å². The Morgan fingerprint density at radius 2 is 2.11 bits per heavy atom. The topological polar surface area (TPSA) is 89.9 Å². The monoisotopic (exact) mass is 386 g/mol. The molecule has 0 fully saturated rings. The third-order valence-corrected chi connectivity index (χ3v) is 3.54. The molecule has 1 aromatic rings. The minimum absolute atomic E-state index is 0.252. The van der Waals surface area contributed by atoms with Crippen molar-refractivity contribution in [1.29, 1.82) is 0 Å². The Labute approximate surface area is 118 Å². The maximum atomic E-state index is 11.6. The summed E-state index contributed by atoms with van der Waals surface area (Å²) in [4.78, 5) is 11.6. The van der Waals surface area contributed by atoms with E-state index in [1.54, 1.807) is 12.1 Å². The number of carbonyl (C=O) groups excluding carboxylic acids is 1. The molecule has 0 heterocycles. The molecule has 0 unspecified atom stereocenters. The first kappa shape index (κ1) is 15.2. The molecule has 1 rings (SSSR count). The predicted molar refractivity (Wildman–Crippen MR) is 72.4 cm³/mol. The molecule has 0 aliphatic heterocycles. The molecule has 0 atom stereocenters. The molecule has 0 radical (unpaired) electrons. The Balaban J connectivity index is 2.67. The lowest BCUT2D eigenvalue weighted by Crippen LogP contribution is -2.14. The van der Waals surface area contributed by atoms with Crippen LogP contribution in [0.3, 0.4) is 0 Å². The molecule has 0 aliphatic carbocycles. The van der Waals surface area contributed by atoms with Gasteiger partial charge in [-0.3, -0.25) is 4.55 Å². The van der Waals surface area contributed by atoms with Crippen molar-refractivity contribution < 1.29 is 27.2 Å². The zero-order valence-corrected chi connectivity index (χ0v) is 12.4. The molecule has 8 heteroatoms. The van der Waals surface area contributed by atoms with Crippen molar-refractivity contribution in [2.75, 3.05) is 19.5 Å². The second-order valence-corrected chi connectivity index (χ2v) is 6.01. The number of halogens is 1. The number of hydrogen-bond donors (Lipinski definition) is 1. The Morgan fingerprint density at radius 1 is 1.44 bits per heavy atom. The van der Waals surface area contributed by atoms with E-state index in [4.69, 9.17) is 14.0 Å².